The lowest BCUT2D eigenvalue weighted by Gasteiger charge is -2.03. The lowest BCUT2D eigenvalue weighted by molar-refractivity contribution is 0.302. The van der Waals surface area contributed by atoms with E-state index in [1.807, 2.05) is 30.3 Å². The molecule has 0 saturated heterocycles. The van der Waals surface area contributed by atoms with Gasteiger partial charge < -0.3 is 4.74 Å². The summed E-state index contributed by atoms with van der Waals surface area (Å²) in [5.41, 5.74) is 0.213. The number of hydrogen-bond donors (Lipinski definition) is 0. The van der Waals surface area contributed by atoms with Crippen LogP contribution >= 0.6 is 0 Å². The first-order valence-corrected chi connectivity index (χ1v) is 5.23. The third kappa shape index (κ3) is 2.91. The fourth-order valence-electron chi connectivity index (χ4n) is 1.40. The minimum atomic E-state index is -0.807. The van der Waals surface area contributed by atoms with Crippen molar-refractivity contribution in [2.24, 2.45) is 0 Å². The summed E-state index contributed by atoms with van der Waals surface area (Å²) in [4.78, 5) is 11.5. The van der Waals surface area contributed by atoms with Crippen molar-refractivity contribution in [3.63, 3.8) is 0 Å². The van der Waals surface area contributed by atoms with Crippen LogP contribution in [0.2, 0.25) is 0 Å². The van der Waals surface area contributed by atoms with Gasteiger partial charge in [0.15, 0.2) is 11.6 Å². The summed E-state index contributed by atoms with van der Waals surface area (Å²) in [5.74, 6) is -0.783. The molecule has 0 spiro atoms. The Morgan fingerprint density at radius 1 is 0.941 bits per heavy atom. The second-order valence-corrected chi connectivity index (χ2v) is 3.53. The van der Waals surface area contributed by atoms with Crippen molar-refractivity contribution < 1.29 is 9.13 Å². The van der Waals surface area contributed by atoms with Crippen molar-refractivity contribution in [3.8, 4) is 5.75 Å². The molecule has 3 heteroatoms. The normalized spacial score (nSPS) is 9.94. The molecule has 0 aliphatic heterocycles. The van der Waals surface area contributed by atoms with Crippen molar-refractivity contribution in [1.29, 1.82) is 0 Å². The summed E-state index contributed by atoms with van der Waals surface area (Å²) in [6.45, 7) is 0.250. The van der Waals surface area contributed by atoms with Gasteiger partial charge in [-0.3, -0.25) is 4.79 Å². The number of hydrogen-bond acceptors (Lipinski definition) is 2. The Labute approximate surface area is 98.3 Å². The van der Waals surface area contributed by atoms with Crippen LogP contribution in [0.3, 0.4) is 0 Å². The lowest BCUT2D eigenvalue weighted by atomic mass is 10.2. The Bertz CT molecular complexity index is 552. The van der Waals surface area contributed by atoms with Crippen molar-refractivity contribution >= 4 is 0 Å². The molecule has 0 aliphatic rings. The largest absolute Gasteiger partial charge is 0.485 e. The van der Waals surface area contributed by atoms with Gasteiger partial charge in [0.2, 0.25) is 0 Å². The average molecular weight is 230 g/mol. The van der Waals surface area contributed by atoms with Gasteiger partial charge in [-0.1, -0.05) is 42.5 Å². The second kappa shape index (κ2) is 5.25. The Morgan fingerprint density at radius 2 is 1.59 bits per heavy atom. The van der Waals surface area contributed by atoms with Crippen LogP contribution in [0.1, 0.15) is 5.56 Å². The Kier molecular flexibility index (Phi) is 3.50. The van der Waals surface area contributed by atoms with E-state index in [1.54, 1.807) is 6.07 Å². The molecule has 0 unspecified atom stereocenters. The molecular weight excluding hydrogens is 219 g/mol. The minimum absolute atomic E-state index is 0.0244. The van der Waals surface area contributed by atoms with Gasteiger partial charge in [-0.25, -0.2) is 4.39 Å². The third-order valence-corrected chi connectivity index (χ3v) is 2.28. The molecule has 0 aromatic heterocycles. The highest BCUT2D eigenvalue weighted by atomic mass is 19.1. The van der Waals surface area contributed by atoms with Gasteiger partial charge in [0.25, 0.3) is 5.43 Å². The monoisotopic (exact) mass is 230 g/mol. The summed E-state index contributed by atoms with van der Waals surface area (Å²) in [6.07, 6.45) is 0. The molecule has 0 bridgehead atoms. The maximum absolute atomic E-state index is 13.2. The van der Waals surface area contributed by atoms with Gasteiger partial charge in [-0.2, -0.15) is 0 Å². The summed E-state index contributed by atoms with van der Waals surface area (Å²) in [5, 5.41) is 0. The van der Waals surface area contributed by atoms with Crippen LogP contribution in [0.5, 0.6) is 5.75 Å². The van der Waals surface area contributed by atoms with Crippen LogP contribution in [0.4, 0.5) is 4.39 Å². The quantitative estimate of drug-likeness (QED) is 0.810. The molecule has 0 radical (unpaired) electrons. The molecule has 2 nitrogen and oxygen atoms in total. The zero-order valence-corrected chi connectivity index (χ0v) is 9.10. The van der Waals surface area contributed by atoms with Crippen LogP contribution in [-0.4, -0.2) is 0 Å². The minimum Gasteiger partial charge on any atom is -0.485 e. The highest BCUT2D eigenvalue weighted by Gasteiger charge is 2.03. The predicted octanol–water partition coefficient (Wildman–Crippen LogP) is 2.76. The van der Waals surface area contributed by atoms with Gasteiger partial charge >= 0.3 is 0 Å². The summed E-state index contributed by atoms with van der Waals surface area (Å²) >= 11 is 0. The van der Waals surface area contributed by atoms with E-state index < -0.39 is 11.2 Å². The van der Waals surface area contributed by atoms with Gasteiger partial charge in [0.1, 0.15) is 6.61 Å². The van der Waals surface area contributed by atoms with Gasteiger partial charge in [-0.05, 0) is 17.7 Å². The maximum Gasteiger partial charge on any atom is 0.255 e. The molecule has 0 atom stereocenters. The zero-order chi connectivity index (χ0) is 12.1. The number of benzene rings is 1. The van der Waals surface area contributed by atoms with Crippen LogP contribution in [-0.2, 0) is 6.61 Å². The van der Waals surface area contributed by atoms with Crippen molar-refractivity contribution in [3.05, 3.63) is 76.2 Å². The molecule has 17 heavy (non-hydrogen) atoms. The highest BCUT2D eigenvalue weighted by molar-refractivity contribution is 5.22. The number of halogens is 1. The molecular formula is C14H11FO2. The van der Waals surface area contributed by atoms with E-state index in [-0.39, 0.29) is 12.4 Å². The summed E-state index contributed by atoms with van der Waals surface area (Å²) < 4.78 is 18.5. The average Bonchev–Trinajstić information content (AvgIpc) is 2.52. The van der Waals surface area contributed by atoms with Crippen molar-refractivity contribution in [1.82, 2.24) is 0 Å². The fourth-order valence-corrected chi connectivity index (χ4v) is 1.40. The van der Waals surface area contributed by atoms with E-state index in [0.717, 1.165) is 11.6 Å². The standard InChI is InChI=1S/C14H11FO2/c15-12-8-4-5-9-13(14(12)16)17-10-11-6-2-1-3-7-11/h1-9H,10H2. The Morgan fingerprint density at radius 3 is 2.35 bits per heavy atom. The van der Waals surface area contributed by atoms with Crippen LogP contribution in [0.25, 0.3) is 0 Å². The van der Waals surface area contributed by atoms with Gasteiger partial charge in [-0.15, -0.1) is 0 Å². The highest BCUT2D eigenvalue weighted by Crippen LogP contribution is 2.07. The van der Waals surface area contributed by atoms with Gasteiger partial charge in [0.05, 0.1) is 0 Å². The Hall–Kier alpha value is -2.16. The molecule has 0 aliphatic carbocycles. The van der Waals surface area contributed by atoms with Crippen LogP contribution in [0.15, 0.2) is 59.4 Å². The molecule has 2 aromatic rings. The number of rotatable bonds is 3. The van der Waals surface area contributed by atoms with Crippen LogP contribution in [0, 0.1) is 5.82 Å². The third-order valence-electron chi connectivity index (χ3n) is 2.28. The molecule has 2 aromatic carbocycles. The first kappa shape index (κ1) is 11.3. The molecule has 2 rings (SSSR count). The topological polar surface area (TPSA) is 26.3 Å². The van der Waals surface area contributed by atoms with Crippen molar-refractivity contribution in [2.75, 3.05) is 0 Å². The summed E-state index contributed by atoms with van der Waals surface area (Å²) in [6, 6.07) is 15.0. The van der Waals surface area contributed by atoms with E-state index in [9.17, 15) is 9.18 Å². The molecule has 0 saturated carbocycles. The van der Waals surface area contributed by atoms with E-state index in [0.29, 0.717) is 0 Å². The molecule has 0 heterocycles. The molecule has 0 fully saturated rings. The van der Waals surface area contributed by atoms with Crippen LogP contribution < -0.4 is 10.2 Å². The SMILES string of the molecule is O=c1c(F)ccccc1OCc1ccccc1. The zero-order valence-electron chi connectivity index (χ0n) is 9.10. The van der Waals surface area contributed by atoms with Gasteiger partial charge in [0, 0.05) is 0 Å². The first-order valence-electron chi connectivity index (χ1n) is 5.23. The lowest BCUT2D eigenvalue weighted by Crippen LogP contribution is -2.08. The maximum atomic E-state index is 13.2. The van der Waals surface area contributed by atoms with Crippen molar-refractivity contribution in [2.45, 2.75) is 6.61 Å². The fraction of sp³-hybridized carbons (Fsp3) is 0.0714. The van der Waals surface area contributed by atoms with E-state index in [1.165, 1.54) is 12.1 Å². The first-order chi connectivity index (χ1) is 8.27. The van der Waals surface area contributed by atoms with E-state index in [4.69, 9.17) is 4.74 Å². The molecule has 0 N–H and O–H groups in total. The molecule has 86 valence electrons. The Balaban J connectivity index is 2.19. The van der Waals surface area contributed by atoms with E-state index >= 15 is 0 Å². The molecule has 0 amide bonds. The van der Waals surface area contributed by atoms with E-state index in [2.05, 4.69) is 0 Å². The second-order valence-electron chi connectivity index (χ2n) is 3.53. The predicted molar refractivity (Wildman–Crippen MR) is 63.4 cm³/mol. The summed E-state index contributed by atoms with van der Waals surface area (Å²) in [7, 11) is 0. The number of ether oxygens (including phenoxy) is 1. The smallest absolute Gasteiger partial charge is 0.255 e.